The maximum Gasteiger partial charge on any atom is 0.170 e. The van der Waals surface area contributed by atoms with E-state index in [1.165, 1.54) is 11.1 Å². The molecular weight excluding hydrogens is 336 g/mol. The first-order valence-electron chi connectivity index (χ1n) is 8.75. The number of fused-ring (bicyclic) bond motifs is 1. The Morgan fingerprint density at radius 1 is 1.04 bits per heavy atom. The molecule has 0 aliphatic heterocycles. The van der Waals surface area contributed by atoms with Gasteiger partial charge in [0.25, 0.3) is 0 Å². The van der Waals surface area contributed by atoms with Gasteiger partial charge in [-0.2, -0.15) is 0 Å². The van der Waals surface area contributed by atoms with Crippen LogP contribution in [0.1, 0.15) is 16.7 Å². The minimum Gasteiger partial charge on any atom is -0.409 e. The zero-order chi connectivity index (χ0) is 18.8. The fourth-order valence-electron chi connectivity index (χ4n) is 3.21. The van der Waals surface area contributed by atoms with Gasteiger partial charge in [0, 0.05) is 17.7 Å². The molecule has 0 radical (unpaired) electrons. The third-order valence-electron chi connectivity index (χ3n) is 4.64. The highest BCUT2D eigenvalue weighted by molar-refractivity contribution is 5.98. The van der Waals surface area contributed by atoms with Gasteiger partial charge in [0.15, 0.2) is 5.84 Å². The minimum atomic E-state index is 0.0815. The smallest absolute Gasteiger partial charge is 0.170 e. The molecular formula is C22H20N4O. The molecule has 0 bridgehead atoms. The van der Waals surface area contributed by atoms with E-state index in [9.17, 15) is 0 Å². The molecule has 0 fully saturated rings. The molecule has 134 valence electrons. The van der Waals surface area contributed by atoms with E-state index in [0.29, 0.717) is 12.1 Å². The average molecular weight is 356 g/mol. The lowest BCUT2D eigenvalue weighted by atomic mass is 10.1. The van der Waals surface area contributed by atoms with Crippen molar-refractivity contribution in [2.24, 2.45) is 10.9 Å². The predicted molar refractivity (Wildman–Crippen MR) is 108 cm³/mol. The number of aromatic nitrogens is 2. The van der Waals surface area contributed by atoms with Crippen molar-refractivity contribution in [3.05, 3.63) is 89.5 Å². The van der Waals surface area contributed by atoms with Gasteiger partial charge in [-0.05, 0) is 30.7 Å². The molecule has 0 atom stereocenters. The maximum atomic E-state index is 8.98. The van der Waals surface area contributed by atoms with Gasteiger partial charge in [0.1, 0.15) is 5.82 Å². The first-order chi connectivity index (χ1) is 13.2. The van der Waals surface area contributed by atoms with Crippen LogP contribution in [0.4, 0.5) is 0 Å². The van der Waals surface area contributed by atoms with Gasteiger partial charge in [-0.15, -0.1) is 0 Å². The number of imidazole rings is 1. The summed E-state index contributed by atoms with van der Waals surface area (Å²) in [5, 5.41) is 12.1. The number of hydrogen-bond donors (Lipinski definition) is 2. The summed E-state index contributed by atoms with van der Waals surface area (Å²) in [7, 11) is 0. The van der Waals surface area contributed by atoms with Gasteiger partial charge in [0.2, 0.25) is 0 Å². The molecule has 0 saturated heterocycles. The highest BCUT2D eigenvalue weighted by atomic mass is 16.4. The zero-order valence-electron chi connectivity index (χ0n) is 15.0. The molecule has 0 unspecified atom stereocenters. The van der Waals surface area contributed by atoms with Crippen LogP contribution in [0.15, 0.2) is 78.0 Å². The van der Waals surface area contributed by atoms with Crippen LogP contribution in [0, 0.1) is 6.92 Å². The van der Waals surface area contributed by atoms with Crippen molar-refractivity contribution in [2.45, 2.75) is 13.5 Å². The van der Waals surface area contributed by atoms with Crippen molar-refractivity contribution in [1.82, 2.24) is 9.55 Å². The van der Waals surface area contributed by atoms with E-state index in [4.69, 9.17) is 15.9 Å². The van der Waals surface area contributed by atoms with Crippen LogP contribution in [0.2, 0.25) is 0 Å². The first-order valence-corrected chi connectivity index (χ1v) is 8.75. The van der Waals surface area contributed by atoms with E-state index < -0.39 is 0 Å². The Morgan fingerprint density at radius 2 is 1.81 bits per heavy atom. The molecule has 5 heteroatoms. The number of amidine groups is 1. The van der Waals surface area contributed by atoms with E-state index in [-0.39, 0.29) is 5.84 Å². The van der Waals surface area contributed by atoms with Crippen LogP contribution in [0.3, 0.4) is 0 Å². The number of nitrogens with two attached hydrogens (primary N) is 1. The molecule has 4 rings (SSSR count). The summed E-state index contributed by atoms with van der Waals surface area (Å²) in [5.41, 5.74) is 11.8. The summed E-state index contributed by atoms with van der Waals surface area (Å²) in [5.74, 6) is 0.933. The fourth-order valence-corrected chi connectivity index (χ4v) is 3.21. The second-order valence-corrected chi connectivity index (χ2v) is 6.56. The minimum absolute atomic E-state index is 0.0815. The van der Waals surface area contributed by atoms with Gasteiger partial charge in [0.05, 0.1) is 11.0 Å². The number of aryl methyl sites for hydroxylation is 1. The summed E-state index contributed by atoms with van der Waals surface area (Å²) >= 11 is 0. The van der Waals surface area contributed by atoms with Crippen LogP contribution in [0.5, 0.6) is 0 Å². The lowest BCUT2D eigenvalue weighted by Gasteiger charge is -2.11. The normalized spacial score (nSPS) is 11.8. The van der Waals surface area contributed by atoms with Crippen molar-refractivity contribution in [3.63, 3.8) is 0 Å². The van der Waals surface area contributed by atoms with Gasteiger partial charge in [-0.1, -0.05) is 65.3 Å². The molecule has 0 saturated carbocycles. The van der Waals surface area contributed by atoms with Gasteiger partial charge >= 0.3 is 0 Å². The Labute approximate surface area is 157 Å². The summed E-state index contributed by atoms with van der Waals surface area (Å²) in [6, 6.07) is 24.2. The first kappa shape index (κ1) is 16.8. The van der Waals surface area contributed by atoms with Gasteiger partial charge in [-0.25, -0.2) is 4.98 Å². The van der Waals surface area contributed by atoms with E-state index in [1.807, 2.05) is 42.5 Å². The van der Waals surface area contributed by atoms with Crippen molar-refractivity contribution in [3.8, 4) is 11.4 Å². The number of benzene rings is 3. The Kier molecular flexibility index (Phi) is 4.34. The largest absolute Gasteiger partial charge is 0.409 e. The molecule has 3 N–H and O–H groups in total. The van der Waals surface area contributed by atoms with Crippen molar-refractivity contribution in [2.75, 3.05) is 0 Å². The van der Waals surface area contributed by atoms with Crippen molar-refractivity contribution in [1.29, 1.82) is 0 Å². The van der Waals surface area contributed by atoms with Gasteiger partial charge in [-0.3, -0.25) is 0 Å². The van der Waals surface area contributed by atoms with Crippen LogP contribution < -0.4 is 5.73 Å². The summed E-state index contributed by atoms with van der Waals surface area (Å²) in [4.78, 5) is 4.84. The lowest BCUT2D eigenvalue weighted by Crippen LogP contribution is -2.13. The molecule has 1 heterocycles. The van der Waals surface area contributed by atoms with E-state index in [2.05, 4.69) is 47.0 Å². The molecule has 1 aromatic heterocycles. The Hall–Kier alpha value is -3.60. The molecule has 4 aromatic rings. The molecule has 5 nitrogen and oxygen atoms in total. The second-order valence-electron chi connectivity index (χ2n) is 6.56. The summed E-state index contributed by atoms with van der Waals surface area (Å²) in [6.07, 6.45) is 0. The monoisotopic (exact) mass is 356 g/mol. The Balaban J connectivity index is 1.86. The third kappa shape index (κ3) is 3.27. The average Bonchev–Trinajstić information content (AvgIpc) is 3.08. The quantitative estimate of drug-likeness (QED) is 0.249. The molecule has 3 aromatic carbocycles. The van der Waals surface area contributed by atoms with E-state index >= 15 is 0 Å². The number of nitrogens with zero attached hydrogens (tertiary/aromatic N) is 3. The number of oxime groups is 1. The number of hydrogen-bond acceptors (Lipinski definition) is 3. The lowest BCUT2D eigenvalue weighted by molar-refractivity contribution is 0.318. The van der Waals surface area contributed by atoms with Crippen LogP contribution >= 0.6 is 0 Å². The van der Waals surface area contributed by atoms with E-state index in [1.54, 1.807) is 0 Å². The SMILES string of the molecule is Cc1ccc(Cn2c(-c3cccc(/C(N)=N/O)c3)nc3ccccc32)cc1. The summed E-state index contributed by atoms with van der Waals surface area (Å²) < 4.78 is 2.20. The number of para-hydroxylation sites is 2. The zero-order valence-corrected chi connectivity index (χ0v) is 15.0. The Bertz CT molecular complexity index is 1130. The fraction of sp³-hybridized carbons (Fsp3) is 0.0909. The van der Waals surface area contributed by atoms with Crippen LogP contribution in [-0.4, -0.2) is 20.6 Å². The van der Waals surface area contributed by atoms with Crippen molar-refractivity contribution >= 4 is 16.9 Å². The molecule has 0 spiro atoms. The predicted octanol–water partition coefficient (Wildman–Crippen LogP) is 4.15. The third-order valence-corrected chi connectivity index (χ3v) is 4.64. The topological polar surface area (TPSA) is 76.4 Å². The van der Waals surface area contributed by atoms with Crippen LogP contribution in [-0.2, 0) is 6.54 Å². The van der Waals surface area contributed by atoms with Crippen LogP contribution in [0.25, 0.3) is 22.4 Å². The molecule has 0 amide bonds. The molecule has 0 aliphatic carbocycles. The van der Waals surface area contributed by atoms with Crippen molar-refractivity contribution < 1.29 is 5.21 Å². The van der Waals surface area contributed by atoms with Gasteiger partial charge < -0.3 is 15.5 Å². The highest BCUT2D eigenvalue weighted by Crippen LogP contribution is 2.26. The number of rotatable bonds is 4. The second kappa shape index (κ2) is 6.96. The molecule has 0 aliphatic rings. The molecule has 27 heavy (non-hydrogen) atoms. The standard InChI is InChI=1S/C22H20N4O/c1-15-9-11-16(12-10-15)14-26-20-8-3-2-7-19(20)24-22(26)18-6-4-5-17(13-18)21(23)25-27/h2-13,27H,14H2,1H3,(H2,23,25). The Morgan fingerprint density at radius 3 is 2.59 bits per heavy atom. The maximum absolute atomic E-state index is 8.98. The highest BCUT2D eigenvalue weighted by Gasteiger charge is 2.14. The van der Waals surface area contributed by atoms with E-state index in [0.717, 1.165) is 22.4 Å². The summed E-state index contributed by atoms with van der Waals surface area (Å²) in [6.45, 7) is 2.80.